The molecule has 4 nitrogen and oxygen atoms in total. The first-order chi connectivity index (χ1) is 7.87. The molecule has 1 saturated carbocycles. The predicted octanol–water partition coefficient (Wildman–Crippen LogP) is 1.52. The third-order valence-electron chi connectivity index (χ3n) is 3.80. The highest BCUT2D eigenvalue weighted by atomic mass is 32.2. The van der Waals surface area contributed by atoms with Gasteiger partial charge in [-0.15, -0.1) is 0 Å². The van der Waals surface area contributed by atoms with Crippen molar-refractivity contribution in [2.75, 3.05) is 12.9 Å². The topological polar surface area (TPSA) is 60.4 Å². The second-order valence-electron chi connectivity index (χ2n) is 5.10. The molecule has 3 aliphatic rings. The quantitative estimate of drug-likeness (QED) is 0.566. The normalized spacial score (nSPS) is 32.7. The van der Waals surface area contributed by atoms with E-state index in [0.717, 1.165) is 12.7 Å². The molecule has 0 N–H and O–H groups in total. The zero-order valence-electron chi connectivity index (χ0n) is 10.2. The van der Waals surface area contributed by atoms with Gasteiger partial charge in [-0.1, -0.05) is 11.6 Å². The van der Waals surface area contributed by atoms with Crippen LogP contribution in [0.5, 0.6) is 0 Å². The molecule has 96 valence electrons. The Morgan fingerprint density at radius 3 is 2.76 bits per heavy atom. The molecule has 17 heavy (non-hydrogen) atoms. The minimum absolute atomic E-state index is 0.0585. The number of carbonyl (C=O) groups excluding carboxylic acids is 1. The molecular weight excluding hydrogens is 240 g/mol. The molecule has 0 aromatic rings. The summed E-state index contributed by atoms with van der Waals surface area (Å²) >= 11 is 0. The Bertz CT molecular complexity index is 449. The van der Waals surface area contributed by atoms with Crippen molar-refractivity contribution in [2.24, 2.45) is 17.8 Å². The van der Waals surface area contributed by atoms with Gasteiger partial charge in [-0.25, -0.2) is 0 Å². The molecule has 0 spiro atoms. The fourth-order valence-corrected chi connectivity index (χ4v) is 3.36. The summed E-state index contributed by atoms with van der Waals surface area (Å²) < 4.78 is 26.5. The lowest BCUT2D eigenvalue weighted by atomic mass is 9.64. The van der Waals surface area contributed by atoms with E-state index in [1.165, 1.54) is 5.57 Å². The first-order valence-corrected chi connectivity index (χ1v) is 7.74. The Kier molecular flexibility index (Phi) is 3.41. The van der Waals surface area contributed by atoms with Gasteiger partial charge in [0.2, 0.25) is 0 Å². The van der Waals surface area contributed by atoms with E-state index in [9.17, 15) is 13.2 Å². The van der Waals surface area contributed by atoms with E-state index in [1.807, 2.05) is 0 Å². The molecule has 0 radical (unpaired) electrons. The van der Waals surface area contributed by atoms with Crippen molar-refractivity contribution >= 4 is 15.9 Å². The van der Waals surface area contributed by atoms with Crippen molar-refractivity contribution in [1.82, 2.24) is 0 Å². The zero-order valence-corrected chi connectivity index (χ0v) is 11.0. The first kappa shape index (κ1) is 12.8. The van der Waals surface area contributed by atoms with Gasteiger partial charge in [-0.2, -0.15) is 8.42 Å². The lowest BCUT2D eigenvalue weighted by molar-refractivity contribution is -0.126. The van der Waals surface area contributed by atoms with Crippen molar-refractivity contribution in [3.63, 3.8) is 0 Å². The number of carbonyl (C=O) groups is 1. The van der Waals surface area contributed by atoms with Gasteiger partial charge in [0.05, 0.1) is 12.9 Å². The molecule has 5 heteroatoms. The van der Waals surface area contributed by atoms with E-state index in [1.54, 1.807) is 0 Å². The zero-order chi connectivity index (χ0) is 12.6. The van der Waals surface area contributed by atoms with E-state index in [-0.39, 0.29) is 12.5 Å². The standard InChI is InChI=1S/C12H18O4S/c1-8-5-10-6-9(11(8)7-12(10)13)3-4-16-17(2,14)15/h5,9-11H,3-4,6-7H2,1-2H3/t9-,10-,11+/m1/s1. The largest absolute Gasteiger partial charge is 0.299 e. The highest BCUT2D eigenvalue weighted by Crippen LogP contribution is 2.43. The van der Waals surface area contributed by atoms with Crippen LogP contribution in [0.4, 0.5) is 0 Å². The fraction of sp³-hybridized carbons (Fsp3) is 0.750. The predicted molar refractivity (Wildman–Crippen MR) is 63.9 cm³/mol. The number of rotatable bonds is 4. The van der Waals surface area contributed by atoms with E-state index in [4.69, 9.17) is 4.18 Å². The second kappa shape index (κ2) is 4.53. The molecule has 2 bridgehead atoms. The first-order valence-electron chi connectivity index (χ1n) is 5.92. The van der Waals surface area contributed by atoms with Gasteiger partial charge in [0.1, 0.15) is 5.78 Å². The van der Waals surface area contributed by atoms with Crippen LogP contribution in [0.3, 0.4) is 0 Å². The van der Waals surface area contributed by atoms with Crippen LogP contribution in [-0.4, -0.2) is 27.1 Å². The van der Waals surface area contributed by atoms with Crippen LogP contribution in [0.15, 0.2) is 11.6 Å². The van der Waals surface area contributed by atoms with Crippen LogP contribution in [0.2, 0.25) is 0 Å². The van der Waals surface area contributed by atoms with Crippen molar-refractivity contribution < 1.29 is 17.4 Å². The summed E-state index contributed by atoms with van der Waals surface area (Å²) in [6, 6.07) is 0. The summed E-state index contributed by atoms with van der Waals surface area (Å²) in [4.78, 5) is 11.6. The molecule has 3 aliphatic carbocycles. The Labute approximate surface area is 102 Å². The van der Waals surface area contributed by atoms with Crippen LogP contribution < -0.4 is 0 Å². The maximum Gasteiger partial charge on any atom is 0.264 e. The van der Waals surface area contributed by atoms with Crippen molar-refractivity contribution in [3.8, 4) is 0 Å². The summed E-state index contributed by atoms with van der Waals surface area (Å²) in [6.07, 6.45) is 5.33. The van der Waals surface area contributed by atoms with Gasteiger partial charge in [-0.05, 0) is 31.6 Å². The van der Waals surface area contributed by atoms with Crippen LogP contribution in [-0.2, 0) is 19.1 Å². The molecule has 3 rings (SSSR count). The van der Waals surface area contributed by atoms with Crippen LogP contribution in [0.1, 0.15) is 26.2 Å². The third kappa shape index (κ3) is 2.96. The number of Topliss-reactive ketones (excluding diaryl/α,β-unsaturated/α-hetero) is 1. The molecule has 0 heterocycles. The maximum absolute atomic E-state index is 11.6. The molecule has 3 atom stereocenters. The number of hydrogen-bond donors (Lipinski definition) is 0. The molecule has 0 aromatic heterocycles. The lowest BCUT2D eigenvalue weighted by Gasteiger charge is -2.40. The monoisotopic (exact) mass is 258 g/mol. The number of ketones is 1. The number of hydrogen-bond acceptors (Lipinski definition) is 4. The maximum atomic E-state index is 11.6. The van der Waals surface area contributed by atoms with Crippen LogP contribution >= 0.6 is 0 Å². The molecular formula is C12H18O4S. The second-order valence-corrected chi connectivity index (χ2v) is 6.75. The van der Waals surface area contributed by atoms with E-state index in [2.05, 4.69) is 13.0 Å². The SMILES string of the molecule is CC1=C[C@@H]2C[C@@H](CCOS(C)(=O)=O)[C@H]1CC2=O. The molecule has 0 aromatic carbocycles. The molecule has 0 amide bonds. The summed E-state index contributed by atoms with van der Waals surface area (Å²) in [5.74, 6) is 1.09. The molecule has 0 unspecified atom stereocenters. The number of fused-ring (bicyclic) bond motifs is 2. The van der Waals surface area contributed by atoms with Gasteiger partial charge in [0.25, 0.3) is 10.1 Å². The fourth-order valence-electron chi connectivity index (χ4n) is 2.96. The van der Waals surface area contributed by atoms with Crippen molar-refractivity contribution in [1.29, 1.82) is 0 Å². The summed E-state index contributed by atoms with van der Waals surface area (Å²) in [5.41, 5.74) is 1.28. The van der Waals surface area contributed by atoms with E-state index < -0.39 is 10.1 Å². The molecule has 0 aliphatic heterocycles. The minimum Gasteiger partial charge on any atom is -0.299 e. The molecule has 1 fully saturated rings. The van der Waals surface area contributed by atoms with Crippen LogP contribution in [0.25, 0.3) is 0 Å². The summed E-state index contributed by atoms with van der Waals surface area (Å²) in [7, 11) is -3.34. The average molecular weight is 258 g/mol. The highest BCUT2D eigenvalue weighted by Gasteiger charge is 2.39. The lowest BCUT2D eigenvalue weighted by Crippen LogP contribution is -2.37. The highest BCUT2D eigenvalue weighted by molar-refractivity contribution is 7.85. The Hall–Kier alpha value is -0.680. The van der Waals surface area contributed by atoms with Crippen molar-refractivity contribution in [3.05, 3.63) is 11.6 Å². The van der Waals surface area contributed by atoms with Crippen LogP contribution in [0, 0.1) is 17.8 Å². The summed E-state index contributed by atoms with van der Waals surface area (Å²) in [6.45, 7) is 2.29. The van der Waals surface area contributed by atoms with Crippen molar-refractivity contribution in [2.45, 2.75) is 26.2 Å². The van der Waals surface area contributed by atoms with Gasteiger partial charge in [-0.3, -0.25) is 8.98 Å². The minimum atomic E-state index is -3.34. The Morgan fingerprint density at radius 2 is 2.18 bits per heavy atom. The van der Waals surface area contributed by atoms with Gasteiger partial charge in [0.15, 0.2) is 0 Å². The smallest absolute Gasteiger partial charge is 0.264 e. The van der Waals surface area contributed by atoms with Gasteiger partial charge >= 0.3 is 0 Å². The number of allylic oxidation sites excluding steroid dienone is 2. The van der Waals surface area contributed by atoms with E-state index in [0.29, 0.717) is 30.5 Å². The van der Waals surface area contributed by atoms with Gasteiger partial charge in [0, 0.05) is 12.3 Å². The Morgan fingerprint density at radius 1 is 1.47 bits per heavy atom. The third-order valence-corrected chi connectivity index (χ3v) is 4.39. The Balaban J connectivity index is 1.93. The summed E-state index contributed by atoms with van der Waals surface area (Å²) in [5, 5.41) is 0. The van der Waals surface area contributed by atoms with E-state index >= 15 is 0 Å². The molecule has 0 saturated heterocycles. The van der Waals surface area contributed by atoms with Gasteiger partial charge < -0.3 is 0 Å². The average Bonchev–Trinajstić information content (AvgIpc) is 2.18.